The molecule has 0 saturated carbocycles. The Kier molecular flexibility index (Phi) is 5.75. The molecule has 1 atom stereocenters. The third-order valence-electron chi connectivity index (χ3n) is 4.52. The van der Waals surface area contributed by atoms with Crippen molar-refractivity contribution in [2.45, 2.75) is 33.5 Å². The van der Waals surface area contributed by atoms with Crippen LogP contribution in [0.5, 0.6) is 5.75 Å². The van der Waals surface area contributed by atoms with Crippen LogP contribution >= 0.6 is 0 Å². The number of aliphatic hydroxyl groups excluding tert-OH is 1. The second kappa shape index (κ2) is 8.20. The summed E-state index contributed by atoms with van der Waals surface area (Å²) in [7, 11) is 0. The standard InChI is InChI=1S/C24H26O2/c1-17(2)24(25)23-12-8-7-11-22(23)20-13-18(3)14-21(15-20)26-16-19-9-5-4-6-10-19/h4-15,17,24-25H,16H2,1-3H3. The molecular formula is C24H26O2. The zero-order valence-corrected chi connectivity index (χ0v) is 15.6. The molecule has 0 saturated heterocycles. The summed E-state index contributed by atoms with van der Waals surface area (Å²) in [6.07, 6.45) is -0.486. The fraction of sp³-hybridized carbons (Fsp3) is 0.250. The molecule has 1 N–H and O–H groups in total. The van der Waals surface area contributed by atoms with Gasteiger partial charge in [-0.05, 0) is 52.8 Å². The second-order valence-electron chi connectivity index (χ2n) is 7.09. The van der Waals surface area contributed by atoms with Crippen LogP contribution in [-0.2, 0) is 6.61 Å². The van der Waals surface area contributed by atoms with Gasteiger partial charge in [0.2, 0.25) is 0 Å². The second-order valence-corrected chi connectivity index (χ2v) is 7.09. The van der Waals surface area contributed by atoms with Gasteiger partial charge in [0.15, 0.2) is 0 Å². The van der Waals surface area contributed by atoms with Crippen LogP contribution in [0.1, 0.15) is 36.6 Å². The van der Waals surface area contributed by atoms with E-state index in [1.165, 1.54) is 0 Å². The molecule has 2 nitrogen and oxygen atoms in total. The fourth-order valence-electron chi connectivity index (χ4n) is 3.10. The van der Waals surface area contributed by atoms with Crippen molar-refractivity contribution in [3.63, 3.8) is 0 Å². The normalized spacial score (nSPS) is 12.2. The average Bonchev–Trinajstić information content (AvgIpc) is 2.66. The molecule has 0 radical (unpaired) electrons. The topological polar surface area (TPSA) is 29.5 Å². The molecule has 0 aliphatic carbocycles. The Bertz CT molecular complexity index is 853. The summed E-state index contributed by atoms with van der Waals surface area (Å²) < 4.78 is 6.02. The van der Waals surface area contributed by atoms with Crippen LogP contribution < -0.4 is 4.74 Å². The monoisotopic (exact) mass is 346 g/mol. The van der Waals surface area contributed by atoms with Crippen LogP contribution in [0, 0.1) is 12.8 Å². The van der Waals surface area contributed by atoms with Crippen LogP contribution in [0.2, 0.25) is 0 Å². The molecule has 0 aliphatic rings. The van der Waals surface area contributed by atoms with E-state index in [9.17, 15) is 5.11 Å². The lowest BCUT2D eigenvalue weighted by atomic mass is 9.91. The Balaban J connectivity index is 1.91. The van der Waals surface area contributed by atoms with E-state index in [0.717, 1.165) is 33.6 Å². The smallest absolute Gasteiger partial charge is 0.120 e. The fourth-order valence-corrected chi connectivity index (χ4v) is 3.10. The largest absolute Gasteiger partial charge is 0.489 e. The quantitative estimate of drug-likeness (QED) is 0.599. The van der Waals surface area contributed by atoms with Crippen molar-refractivity contribution in [1.29, 1.82) is 0 Å². The van der Waals surface area contributed by atoms with E-state index in [1.54, 1.807) is 0 Å². The molecule has 134 valence electrons. The Morgan fingerprint density at radius 2 is 1.58 bits per heavy atom. The predicted molar refractivity (Wildman–Crippen MR) is 107 cm³/mol. The molecule has 26 heavy (non-hydrogen) atoms. The molecule has 2 heteroatoms. The molecule has 0 spiro atoms. The van der Waals surface area contributed by atoms with Crippen LogP contribution in [0.4, 0.5) is 0 Å². The van der Waals surface area contributed by atoms with Gasteiger partial charge in [-0.2, -0.15) is 0 Å². The van der Waals surface area contributed by atoms with E-state index < -0.39 is 6.10 Å². The number of aliphatic hydroxyl groups is 1. The van der Waals surface area contributed by atoms with Gasteiger partial charge in [0, 0.05) is 0 Å². The summed E-state index contributed by atoms with van der Waals surface area (Å²) in [5.41, 5.74) is 5.37. The van der Waals surface area contributed by atoms with Crippen molar-refractivity contribution < 1.29 is 9.84 Å². The first kappa shape index (κ1) is 18.2. The van der Waals surface area contributed by atoms with Crippen molar-refractivity contribution in [1.82, 2.24) is 0 Å². The number of ether oxygens (including phenoxy) is 1. The minimum Gasteiger partial charge on any atom is -0.489 e. The summed E-state index contributed by atoms with van der Waals surface area (Å²) in [6.45, 7) is 6.68. The van der Waals surface area contributed by atoms with Crippen molar-refractivity contribution in [3.8, 4) is 16.9 Å². The molecule has 0 aliphatic heterocycles. The minimum atomic E-state index is -0.486. The summed E-state index contributed by atoms with van der Waals surface area (Å²) in [4.78, 5) is 0. The molecule has 0 bridgehead atoms. The molecule has 3 rings (SSSR count). The molecular weight excluding hydrogens is 320 g/mol. The Morgan fingerprint density at radius 3 is 2.31 bits per heavy atom. The maximum absolute atomic E-state index is 10.6. The van der Waals surface area contributed by atoms with E-state index in [2.05, 4.69) is 37.3 Å². The summed E-state index contributed by atoms with van der Waals surface area (Å²) in [6, 6.07) is 24.5. The van der Waals surface area contributed by atoms with Crippen molar-refractivity contribution in [2.75, 3.05) is 0 Å². The van der Waals surface area contributed by atoms with Gasteiger partial charge in [-0.25, -0.2) is 0 Å². The van der Waals surface area contributed by atoms with E-state index in [-0.39, 0.29) is 5.92 Å². The van der Waals surface area contributed by atoms with Gasteiger partial charge < -0.3 is 9.84 Å². The first-order valence-corrected chi connectivity index (χ1v) is 9.10. The van der Waals surface area contributed by atoms with Gasteiger partial charge in [-0.3, -0.25) is 0 Å². The molecule has 0 fully saturated rings. The van der Waals surface area contributed by atoms with Gasteiger partial charge >= 0.3 is 0 Å². The number of benzene rings is 3. The average molecular weight is 346 g/mol. The minimum absolute atomic E-state index is 0.162. The number of hydrogen-bond acceptors (Lipinski definition) is 2. The molecule has 0 amide bonds. The van der Waals surface area contributed by atoms with Gasteiger partial charge in [-0.15, -0.1) is 0 Å². The SMILES string of the molecule is Cc1cc(OCc2ccccc2)cc(-c2ccccc2C(O)C(C)C)c1. The highest BCUT2D eigenvalue weighted by Gasteiger charge is 2.17. The Morgan fingerprint density at radius 1 is 0.885 bits per heavy atom. The zero-order chi connectivity index (χ0) is 18.5. The first-order valence-electron chi connectivity index (χ1n) is 9.10. The third kappa shape index (κ3) is 4.33. The van der Waals surface area contributed by atoms with Gasteiger partial charge in [0.25, 0.3) is 0 Å². The van der Waals surface area contributed by atoms with Crippen LogP contribution in [0.25, 0.3) is 11.1 Å². The molecule has 3 aromatic carbocycles. The van der Waals surface area contributed by atoms with Crippen LogP contribution in [-0.4, -0.2) is 5.11 Å². The lowest BCUT2D eigenvalue weighted by molar-refractivity contribution is 0.127. The molecule has 0 aromatic heterocycles. The lowest BCUT2D eigenvalue weighted by Crippen LogP contribution is -2.07. The lowest BCUT2D eigenvalue weighted by Gasteiger charge is -2.19. The first-order chi connectivity index (χ1) is 12.5. The van der Waals surface area contributed by atoms with Gasteiger partial charge in [-0.1, -0.05) is 74.5 Å². The van der Waals surface area contributed by atoms with Gasteiger partial charge in [0.1, 0.15) is 12.4 Å². The van der Waals surface area contributed by atoms with Crippen molar-refractivity contribution >= 4 is 0 Å². The van der Waals surface area contributed by atoms with Crippen molar-refractivity contribution in [2.24, 2.45) is 5.92 Å². The van der Waals surface area contributed by atoms with E-state index in [4.69, 9.17) is 4.74 Å². The molecule has 3 aromatic rings. The van der Waals surface area contributed by atoms with E-state index in [0.29, 0.717) is 6.61 Å². The Labute approximate surface area is 156 Å². The van der Waals surface area contributed by atoms with Crippen LogP contribution in [0.15, 0.2) is 72.8 Å². The third-order valence-corrected chi connectivity index (χ3v) is 4.52. The zero-order valence-electron chi connectivity index (χ0n) is 15.6. The molecule has 1 unspecified atom stereocenters. The summed E-state index contributed by atoms with van der Waals surface area (Å²) in [5.74, 6) is 1.01. The number of hydrogen-bond donors (Lipinski definition) is 1. The number of rotatable bonds is 6. The predicted octanol–water partition coefficient (Wildman–Crippen LogP) is 5.93. The highest BCUT2D eigenvalue weighted by Crippen LogP contribution is 2.34. The maximum atomic E-state index is 10.6. The summed E-state index contributed by atoms with van der Waals surface area (Å²) >= 11 is 0. The molecule has 0 heterocycles. The highest BCUT2D eigenvalue weighted by atomic mass is 16.5. The van der Waals surface area contributed by atoms with E-state index >= 15 is 0 Å². The van der Waals surface area contributed by atoms with Gasteiger partial charge in [0.05, 0.1) is 6.10 Å². The Hall–Kier alpha value is -2.58. The van der Waals surface area contributed by atoms with Crippen molar-refractivity contribution in [3.05, 3.63) is 89.5 Å². The summed E-state index contributed by atoms with van der Waals surface area (Å²) in [5, 5.41) is 10.6. The maximum Gasteiger partial charge on any atom is 0.120 e. The van der Waals surface area contributed by atoms with Crippen LogP contribution in [0.3, 0.4) is 0 Å². The van der Waals surface area contributed by atoms with E-state index in [1.807, 2.05) is 56.3 Å². The highest BCUT2D eigenvalue weighted by molar-refractivity contribution is 5.70. The number of aryl methyl sites for hydroxylation is 1.